The molecule has 0 unspecified atom stereocenters. The van der Waals surface area contributed by atoms with Gasteiger partial charge in [-0.3, -0.25) is 10.2 Å². The number of aromatic amines is 1. The van der Waals surface area contributed by atoms with Gasteiger partial charge in [-0.15, -0.1) is 0 Å². The number of hydrogen-bond donors (Lipinski definition) is 3. The Labute approximate surface area is 218 Å². The number of rotatable bonds is 7. The van der Waals surface area contributed by atoms with Gasteiger partial charge in [0.25, 0.3) is 11.8 Å². The van der Waals surface area contributed by atoms with Gasteiger partial charge in [0.15, 0.2) is 5.65 Å². The van der Waals surface area contributed by atoms with Crippen LogP contribution < -0.4 is 15.2 Å². The first kappa shape index (κ1) is 24.4. The normalized spacial score (nSPS) is 10.8. The molecule has 10 nitrogen and oxygen atoms in total. The van der Waals surface area contributed by atoms with Gasteiger partial charge in [0, 0.05) is 30.8 Å². The van der Waals surface area contributed by atoms with Gasteiger partial charge in [-0.05, 0) is 48.9 Å². The number of amidine groups is 1. The molecule has 4 N–H and O–H groups in total. The lowest BCUT2D eigenvalue weighted by Crippen LogP contribution is -2.21. The zero-order valence-corrected chi connectivity index (χ0v) is 21.0. The molecule has 190 valence electrons. The molecule has 0 radical (unpaired) electrons. The number of H-pyrrole nitrogens is 1. The fourth-order valence-electron chi connectivity index (χ4n) is 3.87. The predicted molar refractivity (Wildman–Crippen MR) is 144 cm³/mol. The maximum Gasteiger partial charge on any atom is 0.327 e. The number of carbonyl (C=O) groups excluding carboxylic acids is 1. The van der Waals surface area contributed by atoms with Crippen molar-refractivity contribution in [1.82, 2.24) is 24.8 Å². The second-order valence-corrected chi connectivity index (χ2v) is 8.78. The zero-order chi connectivity index (χ0) is 26.8. The number of nitrogen functional groups attached to an aromatic ring is 1. The number of nitrogens with zero attached hydrogens (tertiary/aromatic N) is 4. The van der Waals surface area contributed by atoms with Crippen LogP contribution in [0.15, 0.2) is 72.8 Å². The molecule has 0 aliphatic carbocycles. The third-order valence-corrected chi connectivity index (χ3v) is 5.74. The SMILES string of the molecule is Cc1cc(Oc2nc(Oc3cccc(C(=O)N(C)C)c3)nc3nc(-c4ccccc4)[nH]c23)ccc1C(=N)N. The number of amides is 1. The highest BCUT2D eigenvalue weighted by atomic mass is 16.5. The average molecular weight is 508 g/mol. The van der Waals surface area contributed by atoms with E-state index in [2.05, 4.69) is 19.9 Å². The predicted octanol–water partition coefficient (Wildman–Crippen LogP) is 4.90. The number of hydrogen-bond acceptors (Lipinski definition) is 7. The Morgan fingerprint density at radius 3 is 2.39 bits per heavy atom. The number of nitrogens with two attached hydrogens (primary N) is 1. The summed E-state index contributed by atoms with van der Waals surface area (Å²) in [5.41, 5.74) is 9.24. The summed E-state index contributed by atoms with van der Waals surface area (Å²) >= 11 is 0. The van der Waals surface area contributed by atoms with Gasteiger partial charge < -0.3 is 25.1 Å². The summed E-state index contributed by atoms with van der Waals surface area (Å²) in [5, 5.41) is 7.72. The van der Waals surface area contributed by atoms with E-state index in [1.807, 2.05) is 37.3 Å². The van der Waals surface area contributed by atoms with Crippen molar-refractivity contribution in [2.75, 3.05) is 14.1 Å². The molecule has 5 rings (SSSR count). The van der Waals surface area contributed by atoms with E-state index in [0.29, 0.717) is 39.6 Å². The Balaban J connectivity index is 1.56. The highest BCUT2D eigenvalue weighted by Gasteiger charge is 2.18. The summed E-state index contributed by atoms with van der Waals surface area (Å²) < 4.78 is 12.1. The van der Waals surface area contributed by atoms with Crippen LogP contribution in [-0.4, -0.2) is 50.7 Å². The molecular formula is C28H25N7O3. The van der Waals surface area contributed by atoms with Gasteiger partial charge in [0.05, 0.1) is 0 Å². The van der Waals surface area contributed by atoms with Gasteiger partial charge in [-0.1, -0.05) is 36.4 Å². The molecule has 0 spiro atoms. The molecule has 0 saturated heterocycles. The molecule has 0 saturated carbocycles. The Morgan fingerprint density at radius 2 is 1.68 bits per heavy atom. The summed E-state index contributed by atoms with van der Waals surface area (Å²) in [5.74, 6) is 1.51. The van der Waals surface area contributed by atoms with Crippen LogP contribution in [0.25, 0.3) is 22.6 Å². The quantitative estimate of drug-likeness (QED) is 0.210. The van der Waals surface area contributed by atoms with E-state index in [1.165, 1.54) is 4.90 Å². The number of aromatic nitrogens is 4. The summed E-state index contributed by atoms with van der Waals surface area (Å²) in [4.78, 5) is 30.8. The number of benzene rings is 3. The lowest BCUT2D eigenvalue weighted by atomic mass is 10.1. The molecule has 10 heteroatoms. The van der Waals surface area contributed by atoms with Crippen molar-refractivity contribution in [1.29, 1.82) is 5.41 Å². The Kier molecular flexibility index (Phi) is 6.44. The van der Waals surface area contributed by atoms with Crippen molar-refractivity contribution in [3.63, 3.8) is 0 Å². The number of imidazole rings is 1. The first-order valence-electron chi connectivity index (χ1n) is 11.7. The molecule has 1 amide bonds. The average Bonchev–Trinajstić information content (AvgIpc) is 3.33. The molecule has 5 aromatic rings. The Bertz CT molecular complexity index is 1660. The molecule has 0 fully saturated rings. The number of aryl methyl sites for hydroxylation is 1. The van der Waals surface area contributed by atoms with Gasteiger partial charge >= 0.3 is 6.01 Å². The van der Waals surface area contributed by atoms with E-state index in [1.54, 1.807) is 56.6 Å². The molecule has 0 aliphatic heterocycles. The smallest absolute Gasteiger partial charge is 0.327 e. The van der Waals surface area contributed by atoms with Gasteiger partial charge in [-0.2, -0.15) is 9.97 Å². The largest absolute Gasteiger partial charge is 0.437 e. The van der Waals surface area contributed by atoms with Gasteiger partial charge in [0.2, 0.25) is 0 Å². The Morgan fingerprint density at radius 1 is 0.921 bits per heavy atom. The fraction of sp³-hybridized carbons (Fsp3) is 0.107. The molecule has 0 aliphatic rings. The molecule has 0 bridgehead atoms. The summed E-state index contributed by atoms with van der Waals surface area (Å²) in [7, 11) is 3.37. The molecule has 2 aromatic heterocycles. The maximum absolute atomic E-state index is 12.4. The van der Waals surface area contributed by atoms with Gasteiger partial charge in [0.1, 0.15) is 28.7 Å². The highest BCUT2D eigenvalue weighted by Crippen LogP contribution is 2.32. The van der Waals surface area contributed by atoms with E-state index in [4.69, 9.17) is 20.6 Å². The highest BCUT2D eigenvalue weighted by molar-refractivity contribution is 5.96. The minimum Gasteiger partial charge on any atom is -0.437 e. The lowest BCUT2D eigenvalue weighted by molar-refractivity contribution is 0.0827. The van der Waals surface area contributed by atoms with Gasteiger partial charge in [-0.25, -0.2) is 4.98 Å². The number of nitrogens with one attached hydrogen (secondary N) is 2. The lowest BCUT2D eigenvalue weighted by Gasteiger charge is -2.12. The van der Waals surface area contributed by atoms with Crippen molar-refractivity contribution in [2.24, 2.45) is 5.73 Å². The summed E-state index contributed by atoms with van der Waals surface area (Å²) in [6.45, 7) is 1.85. The van der Waals surface area contributed by atoms with Crippen LogP contribution in [0.1, 0.15) is 21.5 Å². The number of fused-ring (bicyclic) bond motifs is 1. The minimum atomic E-state index is -0.153. The van der Waals surface area contributed by atoms with Crippen molar-refractivity contribution in [3.8, 4) is 34.8 Å². The maximum atomic E-state index is 12.4. The van der Waals surface area contributed by atoms with Crippen molar-refractivity contribution in [3.05, 3.63) is 89.5 Å². The van der Waals surface area contributed by atoms with Crippen molar-refractivity contribution >= 4 is 22.9 Å². The standard InChI is InChI=1S/C28H25N7O3/c1-16-14-20(12-13-21(16)23(29)30)37-26-22-25(32-24(31-22)17-8-5-4-6-9-17)33-28(34-26)38-19-11-7-10-18(15-19)27(36)35(2)3/h4-15H,1-3H3,(H3,29,30)(H,31,32,33,34). The second kappa shape index (κ2) is 10.0. The van der Waals surface area contributed by atoms with Crippen LogP contribution >= 0.6 is 0 Å². The van der Waals surface area contributed by atoms with Crippen LogP contribution in [0.3, 0.4) is 0 Å². The fourth-order valence-corrected chi connectivity index (χ4v) is 3.87. The molecule has 3 aromatic carbocycles. The van der Waals surface area contributed by atoms with E-state index in [9.17, 15) is 4.79 Å². The van der Waals surface area contributed by atoms with Crippen LogP contribution in [0.5, 0.6) is 23.4 Å². The van der Waals surface area contributed by atoms with Crippen LogP contribution in [0.2, 0.25) is 0 Å². The van der Waals surface area contributed by atoms with Crippen molar-refractivity contribution in [2.45, 2.75) is 6.92 Å². The van der Waals surface area contributed by atoms with E-state index < -0.39 is 0 Å². The minimum absolute atomic E-state index is 0.00476. The first-order valence-corrected chi connectivity index (χ1v) is 11.7. The zero-order valence-electron chi connectivity index (χ0n) is 21.0. The van der Waals surface area contributed by atoms with E-state index in [0.717, 1.165) is 11.1 Å². The Hall–Kier alpha value is -5.25. The second-order valence-electron chi connectivity index (χ2n) is 8.78. The first-order chi connectivity index (χ1) is 18.3. The molecule has 0 atom stereocenters. The monoisotopic (exact) mass is 507 g/mol. The topological polar surface area (TPSA) is 143 Å². The van der Waals surface area contributed by atoms with E-state index >= 15 is 0 Å². The van der Waals surface area contributed by atoms with E-state index in [-0.39, 0.29) is 23.6 Å². The number of ether oxygens (including phenoxy) is 2. The molecule has 2 heterocycles. The molecular weight excluding hydrogens is 482 g/mol. The van der Waals surface area contributed by atoms with Crippen LogP contribution in [0.4, 0.5) is 0 Å². The molecule has 38 heavy (non-hydrogen) atoms. The van der Waals surface area contributed by atoms with Crippen molar-refractivity contribution < 1.29 is 14.3 Å². The van der Waals surface area contributed by atoms with Crippen LogP contribution in [-0.2, 0) is 0 Å². The third-order valence-electron chi connectivity index (χ3n) is 5.74. The van der Waals surface area contributed by atoms with Crippen LogP contribution in [0, 0.1) is 12.3 Å². The summed E-state index contributed by atoms with van der Waals surface area (Å²) in [6, 6.07) is 21.6. The summed E-state index contributed by atoms with van der Waals surface area (Å²) in [6.07, 6.45) is 0. The third kappa shape index (κ3) is 5.00. The number of carbonyl (C=O) groups is 1.